The van der Waals surface area contributed by atoms with Gasteiger partial charge in [0.2, 0.25) is 0 Å². The summed E-state index contributed by atoms with van der Waals surface area (Å²) in [5.74, 6) is 0.0307. The van der Waals surface area contributed by atoms with Gasteiger partial charge < -0.3 is 10.0 Å². The van der Waals surface area contributed by atoms with Crippen molar-refractivity contribution in [2.24, 2.45) is 0 Å². The number of carbonyl (C=O) groups is 1. The van der Waals surface area contributed by atoms with Gasteiger partial charge in [-0.15, -0.1) is 0 Å². The lowest BCUT2D eigenvalue weighted by molar-refractivity contribution is 0.0524. The van der Waals surface area contributed by atoms with E-state index in [9.17, 15) is 9.90 Å². The van der Waals surface area contributed by atoms with E-state index >= 15 is 0 Å². The molecular formula is C15H21ClN2O2. The number of aliphatic hydroxyl groups is 1. The predicted molar refractivity (Wildman–Crippen MR) is 80.1 cm³/mol. The molecule has 0 saturated carbocycles. The van der Waals surface area contributed by atoms with Crippen LogP contribution in [0.2, 0.25) is 5.02 Å². The summed E-state index contributed by atoms with van der Waals surface area (Å²) in [5, 5.41) is 10.2. The molecule has 5 heteroatoms. The van der Waals surface area contributed by atoms with Crippen LogP contribution in [-0.4, -0.2) is 59.6 Å². The molecule has 1 aliphatic heterocycles. The highest BCUT2D eigenvalue weighted by molar-refractivity contribution is 6.30. The van der Waals surface area contributed by atoms with E-state index < -0.39 is 0 Å². The Morgan fingerprint density at radius 1 is 1.35 bits per heavy atom. The molecular weight excluding hydrogens is 276 g/mol. The minimum absolute atomic E-state index is 0.0307. The summed E-state index contributed by atoms with van der Waals surface area (Å²) in [7, 11) is 0. The minimum atomic E-state index is -0.273. The van der Waals surface area contributed by atoms with Crippen LogP contribution in [0.3, 0.4) is 0 Å². The Hall–Kier alpha value is -1.10. The molecule has 0 spiro atoms. The van der Waals surface area contributed by atoms with Gasteiger partial charge >= 0.3 is 0 Å². The first-order valence-electron chi connectivity index (χ1n) is 7.05. The number of benzene rings is 1. The summed E-state index contributed by atoms with van der Waals surface area (Å²) in [4.78, 5) is 16.4. The van der Waals surface area contributed by atoms with Crippen LogP contribution in [-0.2, 0) is 0 Å². The van der Waals surface area contributed by atoms with Crippen LogP contribution in [0.4, 0.5) is 0 Å². The molecule has 0 radical (unpaired) electrons. The molecule has 4 nitrogen and oxygen atoms in total. The lowest BCUT2D eigenvalue weighted by Gasteiger charge is -2.35. The van der Waals surface area contributed by atoms with Gasteiger partial charge in [-0.05, 0) is 24.6 Å². The molecule has 0 bridgehead atoms. The Labute approximate surface area is 124 Å². The van der Waals surface area contributed by atoms with Gasteiger partial charge in [0, 0.05) is 43.3 Å². The predicted octanol–water partition coefficient (Wildman–Crippen LogP) is 1.87. The third kappa shape index (κ3) is 3.95. The first-order chi connectivity index (χ1) is 9.60. The zero-order valence-corrected chi connectivity index (χ0v) is 12.5. The van der Waals surface area contributed by atoms with Gasteiger partial charge in [-0.2, -0.15) is 0 Å². The molecule has 1 amide bonds. The molecule has 1 aliphatic rings. The van der Waals surface area contributed by atoms with Crippen LogP contribution in [0.25, 0.3) is 0 Å². The van der Waals surface area contributed by atoms with Crippen molar-refractivity contribution in [2.45, 2.75) is 19.4 Å². The number of amides is 1. The zero-order valence-electron chi connectivity index (χ0n) is 11.8. The van der Waals surface area contributed by atoms with Crippen molar-refractivity contribution in [1.29, 1.82) is 0 Å². The van der Waals surface area contributed by atoms with E-state index in [1.165, 1.54) is 0 Å². The molecule has 1 unspecified atom stereocenters. The molecule has 2 rings (SSSR count). The number of rotatable bonds is 4. The lowest BCUT2D eigenvalue weighted by atomic mass is 10.1. The third-order valence-corrected chi connectivity index (χ3v) is 3.91. The first-order valence-corrected chi connectivity index (χ1v) is 7.43. The number of piperazine rings is 1. The van der Waals surface area contributed by atoms with Crippen LogP contribution >= 0.6 is 11.6 Å². The normalized spacial score (nSPS) is 18.1. The number of hydrogen-bond donors (Lipinski definition) is 1. The highest BCUT2D eigenvalue weighted by Crippen LogP contribution is 2.14. The summed E-state index contributed by atoms with van der Waals surface area (Å²) in [6, 6.07) is 7.06. The van der Waals surface area contributed by atoms with Crippen molar-refractivity contribution >= 4 is 17.5 Å². The molecule has 1 atom stereocenters. The first kappa shape index (κ1) is 15.3. The molecule has 1 heterocycles. The smallest absolute Gasteiger partial charge is 0.253 e. The van der Waals surface area contributed by atoms with E-state index in [0.717, 1.165) is 19.5 Å². The quantitative estimate of drug-likeness (QED) is 0.922. The topological polar surface area (TPSA) is 43.8 Å². The standard InChI is InChI=1S/C15H21ClN2O2/c1-2-14(19)11-17-6-8-18(9-7-17)15(20)12-4-3-5-13(16)10-12/h3-5,10,14,19H,2,6-9,11H2,1H3. The second-order valence-electron chi connectivity index (χ2n) is 5.17. The number of carbonyl (C=O) groups excluding carboxylic acids is 1. The van der Waals surface area contributed by atoms with Gasteiger partial charge in [0.25, 0.3) is 5.91 Å². The average molecular weight is 297 g/mol. The Balaban J connectivity index is 1.89. The number of aliphatic hydroxyl groups excluding tert-OH is 1. The van der Waals surface area contributed by atoms with Crippen molar-refractivity contribution in [2.75, 3.05) is 32.7 Å². The lowest BCUT2D eigenvalue weighted by Crippen LogP contribution is -2.50. The molecule has 0 aliphatic carbocycles. The van der Waals surface area contributed by atoms with Crippen LogP contribution in [0.1, 0.15) is 23.7 Å². The molecule has 1 saturated heterocycles. The Morgan fingerprint density at radius 3 is 2.65 bits per heavy atom. The van der Waals surface area contributed by atoms with Gasteiger partial charge in [-0.3, -0.25) is 9.69 Å². The van der Waals surface area contributed by atoms with Gasteiger partial charge in [0.05, 0.1) is 6.10 Å². The second kappa shape index (κ2) is 7.07. The zero-order chi connectivity index (χ0) is 14.5. The van der Waals surface area contributed by atoms with E-state index in [2.05, 4.69) is 4.90 Å². The van der Waals surface area contributed by atoms with Gasteiger partial charge in [-0.25, -0.2) is 0 Å². The molecule has 1 aromatic rings. The summed E-state index contributed by atoms with van der Waals surface area (Å²) in [6.07, 6.45) is 0.493. The molecule has 1 aromatic carbocycles. The van der Waals surface area contributed by atoms with Crippen molar-refractivity contribution < 1.29 is 9.90 Å². The maximum atomic E-state index is 12.3. The minimum Gasteiger partial charge on any atom is -0.392 e. The van der Waals surface area contributed by atoms with Crippen molar-refractivity contribution in [3.63, 3.8) is 0 Å². The average Bonchev–Trinajstić information content (AvgIpc) is 2.47. The Morgan fingerprint density at radius 2 is 2.05 bits per heavy atom. The largest absolute Gasteiger partial charge is 0.392 e. The van der Waals surface area contributed by atoms with E-state index in [-0.39, 0.29) is 12.0 Å². The Bertz CT molecular complexity index is 459. The molecule has 110 valence electrons. The van der Waals surface area contributed by atoms with Crippen molar-refractivity contribution in [3.8, 4) is 0 Å². The van der Waals surface area contributed by atoms with Gasteiger partial charge in [-0.1, -0.05) is 24.6 Å². The third-order valence-electron chi connectivity index (χ3n) is 3.67. The molecule has 0 aromatic heterocycles. The van der Waals surface area contributed by atoms with Gasteiger partial charge in [0.1, 0.15) is 0 Å². The van der Waals surface area contributed by atoms with Crippen molar-refractivity contribution in [1.82, 2.24) is 9.80 Å². The SMILES string of the molecule is CCC(O)CN1CCN(C(=O)c2cccc(Cl)c2)CC1. The monoisotopic (exact) mass is 296 g/mol. The van der Waals surface area contributed by atoms with E-state index in [4.69, 9.17) is 11.6 Å². The highest BCUT2D eigenvalue weighted by Gasteiger charge is 2.23. The fourth-order valence-corrected chi connectivity index (χ4v) is 2.56. The van der Waals surface area contributed by atoms with E-state index in [1.54, 1.807) is 24.3 Å². The molecule has 1 N–H and O–H groups in total. The molecule has 20 heavy (non-hydrogen) atoms. The summed E-state index contributed by atoms with van der Waals surface area (Å²) < 4.78 is 0. The molecule has 1 fully saturated rings. The van der Waals surface area contributed by atoms with E-state index in [0.29, 0.717) is 30.2 Å². The fraction of sp³-hybridized carbons (Fsp3) is 0.533. The number of hydrogen-bond acceptors (Lipinski definition) is 3. The van der Waals surface area contributed by atoms with Crippen molar-refractivity contribution in [3.05, 3.63) is 34.9 Å². The Kier molecular flexibility index (Phi) is 5.40. The van der Waals surface area contributed by atoms with Crippen LogP contribution in [0.15, 0.2) is 24.3 Å². The van der Waals surface area contributed by atoms with Crippen LogP contribution in [0, 0.1) is 0 Å². The summed E-state index contributed by atoms with van der Waals surface area (Å²) >= 11 is 5.92. The maximum Gasteiger partial charge on any atom is 0.253 e. The number of halogens is 1. The van der Waals surface area contributed by atoms with Crippen LogP contribution < -0.4 is 0 Å². The maximum absolute atomic E-state index is 12.3. The van der Waals surface area contributed by atoms with Crippen LogP contribution in [0.5, 0.6) is 0 Å². The highest BCUT2D eigenvalue weighted by atomic mass is 35.5. The fourth-order valence-electron chi connectivity index (χ4n) is 2.36. The van der Waals surface area contributed by atoms with E-state index in [1.807, 2.05) is 11.8 Å². The second-order valence-corrected chi connectivity index (χ2v) is 5.60. The van der Waals surface area contributed by atoms with Gasteiger partial charge in [0.15, 0.2) is 0 Å². The number of nitrogens with zero attached hydrogens (tertiary/aromatic N) is 2. The number of β-amino-alcohol motifs (C(OH)–C–C–N with tert-alkyl or cyclic N) is 1. The summed E-state index contributed by atoms with van der Waals surface area (Å²) in [6.45, 7) is 5.68. The summed E-state index contributed by atoms with van der Waals surface area (Å²) in [5.41, 5.74) is 0.638.